The quantitative estimate of drug-likeness (QED) is 0.282. The second-order valence-corrected chi connectivity index (χ2v) is 14.0. The number of fused-ring (bicyclic) bond motifs is 1. The molecule has 2 atom stereocenters. The third kappa shape index (κ3) is 6.00. The van der Waals surface area contributed by atoms with Crippen LogP contribution in [0.3, 0.4) is 0 Å². The average Bonchev–Trinajstić information content (AvgIpc) is 3.53. The number of nitrogens with one attached hydrogen (secondary N) is 3. The standard InChI is InChI=1S/C25H33N5O8S2/c1-26-39(33,34)20-4-2-3-19(9-20)37-16-18(31)12-27-17-11-25(38-15-17)5-7-30(8-6-25)40(35,36)21-10-22-23(28-13-21)14-29-24(22)32/h2-4,9-10,13,17-18,26-27,31H,5-8,11-12,14-16H2,1H3,(H,29,32)/t17-,18+/m1/s1. The number of carbonyl (C=O) groups is 1. The van der Waals surface area contributed by atoms with Gasteiger partial charge in [0.15, 0.2) is 0 Å². The van der Waals surface area contributed by atoms with Crippen LogP contribution in [0.15, 0.2) is 46.3 Å². The lowest BCUT2D eigenvalue weighted by Crippen LogP contribution is -2.47. The zero-order valence-corrected chi connectivity index (χ0v) is 23.6. The van der Waals surface area contributed by atoms with Crippen molar-refractivity contribution in [2.45, 2.75) is 53.3 Å². The monoisotopic (exact) mass is 595 g/mol. The van der Waals surface area contributed by atoms with Gasteiger partial charge in [0.1, 0.15) is 23.4 Å². The maximum absolute atomic E-state index is 13.2. The van der Waals surface area contributed by atoms with Gasteiger partial charge in [0.05, 0.1) is 34.9 Å². The molecule has 0 saturated carbocycles. The van der Waals surface area contributed by atoms with Crippen molar-refractivity contribution in [1.29, 1.82) is 0 Å². The summed E-state index contributed by atoms with van der Waals surface area (Å²) < 4.78 is 65.7. The highest BCUT2D eigenvalue weighted by atomic mass is 32.2. The number of piperidine rings is 1. The van der Waals surface area contributed by atoms with Crippen LogP contribution < -0.4 is 20.1 Å². The predicted octanol–water partition coefficient (Wildman–Crippen LogP) is -0.425. The van der Waals surface area contributed by atoms with Crippen LogP contribution in [0.25, 0.3) is 0 Å². The van der Waals surface area contributed by atoms with Gasteiger partial charge in [0.25, 0.3) is 5.91 Å². The molecule has 0 bridgehead atoms. The predicted molar refractivity (Wildman–Crippen MR) is 143 cm³/mol. The molecule has 2 saturated heterocycles. The second-order valence-electron chi connectivity index (χ2n) is 10.2. The van der Waals surface area contributed by atoms with Crippen molar-refractivity contribution in [1.82, 2.24) is 24.6 Å². The van der Waals surface area contributed by atoms with Gasteiger partial charge in [-0.05, 0) is 44.5 Å². The molecule has 1 aromatic heterocycles. The van der Waals surface area contributed by atoms with E-state index in [-0.39, 0.29) is 48.0 Å². The SMILES string of the molecule is CNS(=O)(=O)c1cccc(OC[C@@H](O)CN[C@H]2COC3(CCN(S(=O)(=O)c4cnc5c(c4)C(=O)NC5)CC3)C2)c1. The zero-order chi connectivity index (χ0) is 28.5. The summed E-state index contributed by atoms with van der Waals surface area (Å²) in [5, 5.41) is 16.3. The van der Waals surface area contributed by atoms with Gasteiger partial charge in [0.2, 0.25) is 20.0 Å². The number of aromatic nitrogens is 1. The molecule has 1 amide bonds. The number of sulfonamides is 2. The molecule has 13 nitrogen and oxygen atoms in total. The van der Waals surface area contributed by atoms with Crippen LogP contribution >= 0.6 is 0 Å². The van der Waals surface area contributed by atoms with E-state index in [1.165, 1.54) is 35.7 Å². The number of benzene rings is 1. The van der Waals surface area contributed by atoms with Crippen molar-refractivity contribution < 1.29 is 36.2 Å². The molecule has 2 aromatic rings. The molecule has 40 heavy (non-hydrogen) atoms. The topological polar surface area (TPSA) is 176 Å². The number of nitrogens with zero attached hydrogens (tertiary/aromatic N) is 2. The molecule has 2 fully saturated rings. The van der Waals surface area contributed by atoms with Crippen LogP contribution in [-0.4, -0.2) is 94.8 Å². The van der Waals surface area contributed by atoms with Crippen molar-refractivity contribution in [3.05, 3.63) is 47.8 Å². The Bertz CT molecular complexity index is 1480. The highest BCUT2D eigenvalue weighted by Gasteiger charge is 2.45. The summed E-state index contributed by atoms with van der Waals surface area (Å²) >= 11 is 0. The summed E-state index contributed by atoms with van der Waals surface area (Å²) in [4.78, 5) is 16.2. The third-order valence-electron chi connectivity index (χ3n) is 7.56. The molecule has 1 aromatic carbocycles. The summed E-state index contributed by atoms with van der Waals surface area (Å²) in [5.74, 6) is 0.0140. The van der Waals surface area contributed by atoms with Crippen molar-refractivity contribution in [2.75, 3.05) is 39.9 Å². The molecule has 5 rings (SSSR count). The van der Waals surface area contributed by atoms with Gasteiger partial charge in [-0.25, -0.2) is 21.6 Å². The van der Waals surface area contributed by atoms with E-state index in [4.69, 9.17) is 9.47 Å². The maximum Gasteiger partial charge on any atom is 0.253 e. The maximum atomic E-state index is 13.2. The Hall–Kier alpha value is -2.66. The Morgan fingerprint density at radius 1 is 1.23 bits per heavy atom. The lowest BCUT2D eigenvalue weighted by atomic mass is 9.88. The van der Waals surface area contributed by atoms with Crippen molar-refractivity contribution in [2.24, 2.45) is 0 Å². The van der Waals surface area contributed by atoms with Gasteiger partial charge >= 0.3 is 0 Å². The number of aliphatic hydroxyl groups excluding tert-OH is 1. The highest BCUT2D eigenvalue weighted by molar-refractivity contribution is 7.89. The first-order valence-electron chi connectivity index (χ1n) is 13.0. The summed E-state index contributed by atoms with van der Waals surface area (Å²) in [7, 11) is -6.06. The van der Waals surface area contributed by atoms with E-state index in [9.17, 15) is 26.7 Å². The van der Waals surface area contributed by atoms with Gasteiger partial charge in [-0.15, -0.1) is 0 Å². The third-order valence-corrected chi connectivity index (χ3v) is 10.8. The number of amides is 1. The van der Waals surface area contributed by atoms with E-state index in [1.54, 1.807) is 12.1 Å². The van der Waals surface area contributed by atoms with Crippen LogP contribution in [0.5, 0.6) is 5.75 Å². The minimum atomic E-state index is -3.79. The Labute approximate surface area is 233 Å². The average molecular weight is 596 g/mol. The van der Waals surface area contributed by atoms with Gasteiger partial charge < -0.3 is 25.2 Å². The van der Waals surface area contributed by atoms with Crippen LogP contribution in [0, 0.1) is 0 Å². The molecule has 1 spiro atoms. The number of hydrogen-bond donors (Lipinski definition) is 4. The van der Waals surface area contributed by atoms with E-state index in [2.05, 4.69) is 20.3 Å². The molecule has 4 N–H and O–H groups in total. The minimum absolute atomic E-state index is 0.0118. The largest absolute Gasteiger partial charge is 0.491 e. The lowest BCUT2D eigenvalue weighted by Gasteiger charge is -2.38. The Balaban J connectivity index is 1.09. The molecule has 218 valence electrons. The zero-order valence-electron chi connectivity index (χ0n) is 22.0. The molecule has 0 aliphatic carbocycles. The Kier molecular flexibility index (Phi) is 8.16. The molecule has 3 aliphatic heterocycles. The fraction of sp³-hybridized carbons (Fsp3) is 0.520. The van der Waals surface area contributed by atoms with Crippen LogP contribution in [0.2, 0.25) is 0 Å². The molecule has 0 unspecified atom stereocenters. The van der Waals surface area contributed by atoms with Crippen LogP contribution in [-0.2, 0) is 31.3 Å². The summed E-state index contributed by atoms with van der Waals surface area (Å²) in [6.07, 6.45) is 2.21. The van der Waals surface area contributed by atoms with Crippen molar-refractivity contribution >= 4 is 26.0 Å². The molecular formula is C25H33N5O8S2. The first kappa shape index (κ1) is 28.9. The fourth-order valence-corrected chi connectivity index (χ4v) is 7.40. The first-order valence-corrected chi connectivity index (χ1v) is 15.9. The lowest BCUT2D eigenvalue weighted by molar-refractivity contribution is -0.0312. The number of ether oxygens (including phenoxy) is 2. The molecule has 3 aliphatic rings. The smallest absolute Gasteiger partial charge is 0.253 e. The normalized spacial score (nSPS) is 21.8. The summed E-state index contributed by atoms with van der Waals surface area (Å²) in [6.45, 7) is 1.54. The molecule has 0 radical (unpaired) electrons. The number of hydrogen-bond acceptors (Lipinski definition) is 10. The Morgan fingerprint density at radius 2 is 2.00 bits per heavy atom. The van der Waals surface area contributed by atoms with Crippen LogP contribution in [0.1, 0.15) is 35.3 Å². The number of rotatable bonds is 10. The second kappa shape index (κ2) is 11.3. The van der Waals surface area contributed by atoms with Gasteiger partial charge in [-0.3, -0.25) is 9.78 Å². The van der Waals surface area contributed by atoms with Crippen LogP contribution in [0.4, 0.5) is 0 Å². The van der Waals surface area contributed by atoms with Gasteiger partial charge in [-0.1, -0.05) is 6.07 Å². The van der Waals surface area contributed by atoms with Gasteiger partial charge in [-0.2, -0.15) is 4.31 Å². The highest BCUT2D eigenvalue weighted by Crippen LogP contribution is 2.37. The number of aliphatic hydroxyl groups is 1. The minimum Gasteiger partial charge on any atom is -0.491 e. The van der Waals surface area contributed by atoms with E-state index in [0.29, 0.717) is 49.4 Å². The molecule has 15 heteroatoms. The van der Waals surface area contributed by atoms with E-state index in [1.807, 2.05) is 0 Å². The fourth-order valence-electron chi connectivity index (χ4n) is 5.22. The molecule has 4 heterocycles. The first-order chi connectivity index (χ1) is 19.0. The van der Waals surface area contributed by atoms with E-state index < -0.39 is 31.8 Å². The van der Waals surface area contributed by atoms with E-state index in [0.717, 1.165) is 0 Å². The number of pyridine rings is 1. The summed E-state index contributed by atoms with van der Waals surface area (Å²) in [5.41, 5.74) is 0.399. The summed E-state index contributed by atoms with van der Waals surface area (Å²) in [6, 6.07) is 7.42. The van der Waals surface area contributed by atoms with Crippen molar-refractivity contribution in [3.63, 3.8) is 0 Å². The van der Waals surface area contributed by atoms with Gasteiger partial charge in [0, 0.05) is 37.9 Å². The number of carbonyl (C=O) groups excluding carboxylic acids is 1. The Morgan fingerprint density at radius 3 is 2.75 bits per heavy atom. The van der Waals surface area contributed by atoms with Crippen molar-refractivity contribution in [3.8, 4) is 5.75 Å². The molecular weight excluding hydrogens is 562 g/mol. The van der Waals surface area contributed by atoms with E-state index >= 15 is 0 Å².